The summed E-state index contributed by atoms with van der Waals surface area (Å²) in [5.74, 6) is 0. The number of halogens is 1. The van der Waals surface area contributed by atoms with Crippen LogP contribution in [0.4, 0.5) is 3.89 Å². The predicted molar refractivity (Wildman–Crippen MR) is 27.0 cm³/mol. The standard InChI is InChI=1S/FHO3S.2Li.2H/c1-5(2,3)4;;;;/h(H,2,3,4);;;;. The Hall–Kier alpha value is 1.03. The minimum absolute atomic E-state index is 0. The van der Waals surface area contributed by atoms with E-state index in [1.807, 2.05) is 0 Å². The molecule has 0 amide bonds. The summed E-state index contributed by atoms with van der Waals surface area (Å²) in [4.78, 5) is 0. The topological polar surface area (TPSA) is 54.4 Å². The van der Waals surface area contributed by atoms with Crippen LogP contribution >= 0.6 is 0 Å². The van der Waals surface area contributed by atoms with E-state index in [0.29, 0.717) is 0 Å². The van der Waals surface area contributed by atoms with Crippen LogP contribution in [0.3, 0.4) is 0 Å². The van der Waals surface area contributed by atoms with E-state index in [4.69, 9.17) is 13.0 Å². The van der Waals surface area contributed by atoms with E-state index in [-0.39, 0.29) is 37.7 Å². The average molecular weight is 116 g/mol. The minimum atomic E-state index is -5.17. The molecule has 0 aliphatic carbocycles. The molecule has 0 heterocycles. The van der Waals surface area contributed by atoms with Gasteiger partial charge in [-0.15, -0.1) is 0 Å². The van der Waals surface area contributed by atoms with Crippen molar-refractivity contribution in [2.24, 2.45) is 0 Å². The van der Waals surface area contributed by atoms with Gasteiger partial charge in [-0.1, -0.05) is 3.89 Å². The summed E-state index contributed by atoms with van der Waals surface area (Å²) in [6.45, 7) is 0. The van der Waals surface area contributed by atoms with Crippen LogP contribution in [0, 0.1) is 0 Å². The summed E-state index contributed by atoms with van der Waals surface area (Å²) in [5.41, 5.74) is 0. The van der Waals surface area contributed by atoms with Crippen molar-refractivity contribution in [2.75, 3.05) is 0 Å². The molecule has 0 aromatic rings. The Morgan fingerprint density at radius 3 is 1.29 bits per heavy atom. The fourth-order valence-electron chi connectivity index (χ4n) is 0. The number of hydrogen-bond donors (Lipinski definition) is 1. The first-order valence-electron chi connectivity index (χ1n) is 0.670. The van der Waals surface area contributed by atoms with Crippen molar-refractivity contribution in [1.82, 2.24) is 0 Å². The van der Waals surface area contributed by atoms with E-state index in [2.05, 4.69) is 0 Å². The third-order valence-corrected chi connectivity index (χ3v) is 0. The molecular formula is H3FLi2O3S. The van der Waals surface area contributed by atoms with Crippen molar-refractivity contribution in [3.05, 3.63) is 0 Å². The normalized spacial score (nSPS) is 8.29. The summed E-state index contributed by atoms with van der Waals surface area (Å²) in [6, 6.07) is 0. The third kappa shape index (κ3) is 167. The van der Waals surface area contributed by atoms with Crippen molar-refractivity contribution in [3.63, 3.8) is 0 Å². The molecule has 0 unspecified atom stereocenters. The molecule has 7 heavy (non-hydrogen) atoms. The number of rotatable bonds is 0. The summed E-state index contributed by atoms with van der Waals surface area (Å²) >= 11 is 0. The van der Waals surface area contributed by atoms with Gasteiger partial charge in [0.15, 0.2) is 0 Å². The van der Waals surface area contributed by atoms with E-state index < -0.39 is 10.5 Å². The van der Waals surface area contributed by atoms with Gasteiger partial charge >= 0.3 is 48.2 Å². The van der Waals surface area contributed by atoms with E-state index in [1.165, 1.54) is 0 Å². The van der Waals surface area contributed by atoms with Crippen LogP contribution in [0.5, 0.6) is 0 Å². The van der Waals surface area contributed by atoms with Crippen molar-refractivity contribution >= 4 is 48.2 Å². The Morgan fingerprint density at radius 1 is 1.29 bits per heavy atom. The molecule has 0 aromatic carbocycles. The van der Waals surface area contributed by atoms with E-state index in [1.54, 1.807) is 0 Å². The molecule has 7 heteroatoms. The predicted octanol–water partition coefficient (Wildman–Crippen LogP) is -1.54. The van der Waals surface area contributed by atoms with Gasteiger partial charge in [0.2, 0.25) is 0 Å². The van der Waals surface area contributed by atoms with Gasteiger partial charge in [-0.05, 0) is 0 Å². The number of hydrogen-bond acceptors (Lipinski definition) is 2. The summed E-state index contributed by atoms with van der Waals surface area (Å²) in [5, 5.41) is 0. The van der Waals surface area contributed by atoms with Gasteiger partial charge in [-0.3, -0.25) is 4.55 Å². The molecular weight excluding hydrogens is 113 g/mol. The van der Waals surface area contributed by atoms with Crippen LogP contribution in [-0.4, -0.2) is 50.7 Å². The van der Waals surface area contributed by atoms with Gasteiger partial charge < -0.3 is 0 Å². The second-order valence-electron chi connectivity index (χ2n) is 0.412. The second kappa shape index (κ2) is 5.18. The molecule has 0 fully saturated rings. The molecule has 0 aliphatic heterocycles. The van der Waals surface area contributed by atoms with Crippen LogP contribution < -0.4 is 0 Å². The molecule has 3 nitrogen and oxygen atoms in total. The molecule has 0 rings (SSSR count). The van der Waals surface area contributed by atoms with Gasteiger partial charge in [-0.2, -0.15) is 8.42 Å². The van der Waals surface area contributed by atoms with Crippen molar-refractivity contribution < 1.29 is 16.9 Å². The van der Waals surface area contributed by atoms with Gasteiger partial charge in [0, 0.05) is 0 Å². The zero-order valence-corrected chi connectivity index (χ0v) is 2.87. The maximum atomic E-state index is 10.2. The van der Waals surface area contributed by atoms with Crippen LogP contribution in [0.2, 0.25) is 0 Å². The molecule has 0 atom stereocenters. The monoisotopic (exact) mass is 116 g/mol. The van der Waals surface area contributed by atoms with E-state index >= 15 is 0 Å². The quantitative estimate of drug-likeness (QED) is 0.237. The Kier molecular flexibility index (Phi) is 11.6. The van der Waals surface area contributed by atoms with Crippen LogP contribution in [0.25, 0.3) is 0 Å². The third-order valence-electron chi connectivity index (χ3n) is 0. The molecule has 0 radical (unpaired) electrons. The fourth-order valence-corrected chi connectivity index (χ4v) is 0. The van der Waals surface area contributed by atoms with Crippen molar-refractivity contribution in [3.8, 4) is 0 Å². The Morgan fingerprint density at radius 2 is 1.29 bits per heavy atom. The molecule has 0 spiro atoms. The molecule has 0 saturated carbocycles. The zero-order valence-electron chi connectivity index (χ0n) is 2.05. The van der Waals surface area contributed by atoms with E-state index in [9.17, 15) is 3.89 Å². The van der Waals surface area contributed by atoms with E-state index in [0.717, 1.165) is 0 Å². The fraction of sp³-hybridized carbons (Fsp3) is 0. The van der Waals surface area contributed by atoms with Gasteiger partial charge in [0.05, 0.1) is 0 Å². The molecule has 0 aromatic heterocycles. The first kappa shape index (κ1) is 15.7. The van der Waals surface area contributed by atoms with Crippen LogP contribution in [0.1, 0.15) is 0 Å². The molecule has 1 N–H and O–H groups in total. The molecule has 36 valence electrons. The molecule has 0 bridgehead atoms. The Labute approximate surface area is 65.1 Å². The Bertz CT molecular complexity index is 96.1. The molecule has 0 aliphatic rings. The van der Waals surface area contributed by atoms with Gasteiger partial charge in [0.25, 0.3) is 0 Å². The van der Waals surface area contributed by atoms with Gasteiger partial charge in [-0.25, -0.2) is 0 Å². The average Bonchev–Trinajstić information content (AvgIpc) is 0.722. The maximum absolute atomic E-state index is 10.2. The van der Waals surface area contributed by atoms with Crippen LogP contribution in [0.15, 0.2) is 0 Å². The first-order valence-corrected chi connectivity index (χ1v) is 2.01. The first-order chi connectivity index (χ1) is 2.00. The van der Waals surface area contributed by atoms with Crippen molar-refractivity contribution in [1.29, 1.82) is 0 Å². The summed E-state index contributed by atoms with van der Waals surface area (Å²) < 4.78 is 34.1. The zero-order chi connectivity index (χ0) is 4.50. The van der Waals surface area contributed by atoms with Crippen molar-refractivity contribution in [2.45, 2.75) is 0 Å². The van der Waals surface area contributed by atoms with Gasteiger partial charge in [0.1, 0.15) is 0 Å². The Balaban J connectivity index is -0.0000000800. The molecule has 0 saturated heterocycles. The SMILES string of the molecule is O=S(=O)(O)F.[LiH].[LiH]. The summed E-state index contributed by atoms with van der Waals surface area (Å²) in [7, 11) is -5.17. The summed E-state index contributed by atoms with van der Waals surface area (Å²) in [6.07, 6.45) is 0. The van der Waals surface area contributed by atoms with Crippen LogP contribution in [-0.2, 0) is 10.5 Å². The second-order valence-corrected chi connectivity index (χ2v) is 1.24.